The van der Waals surface area contributed by atoms with Crippen LogP contribution in [0.1, 0.15) is 0 Å². The molecule has 0 aliphatic rings. The van der Waals surface area contributed by atoms with Gasteiger partial charge in [-0.3, -0.25) is 0 Å². The topological polar surface area (TPSA) is 12.0 Å². The van der Waals surface area contributed by atoms with Crippen molar-refractivity contribution < 1.29 is 1.41 Å². The quantitative estimate of drug-likeness (QED) is 0.198. The first-order chi connectivity index (χ1) is 7.20. The molecule has 0 rings (SSSR count). The van der Waals surface area contributed by atoms with Crippen LogP contribution in [-0.2, 0) is 0 Å². The molecule has 0 aromatic carbocycles. The van der Waals surface area contributed by atoms with Gasteiger partial charge in [-0.1, -0.05) is 8.93 Å². The Morgan fingerprint density at radius 3 is 1.47 bits per heavy atom. The Hall–Kier alpha value is 6.28. The first kappa shape index (κ1) is 19.3. The summed E-state index contributed by atoms with van der Waals surface area (Å²) in [5, 5.41) is 0. The van der Waals surface area contributed by atoms with Crippen molar-refractivity contribution in [3.05, 3.63) is 0 Å². The molecule has 0 fully saturated rings. The zero-order valence-electron chi connectivity index (χ0n) is 8.55. The summed E-state index contributed by atoms with van der Waals surface area (Å²) in [5.74, 6) is 0. The molecule has 15 heteroatoms. The third-order valence-electron chi connectivity index (χ3n) is 1.06. The van der Waals surface area contributed by atoms with E-state index in [1.165, 1.54) is 0 Å². The molecular formula is H15INP13. The van der Waals surface area contributed by atoms with Gasteiger partial charge in [0.05, 0.1) is 0 Å². The smallest absolute Gasteiger partial charge is 0.140 e. The summed E-state index contributed by atoms with van der Waals surface area (Å²) < 4.78 is 9.75. The lowest BCUT2D eigenvalue weighted by molar-refractivity contribution is 1.87. The lowest BCUT2D eigenvalue weighted by Gasteiger charge is -2.36. The van der Waals surface area contributed by atoms with Gasteiger partial charge in [-0.05, 0) is 27.9 Å². The fraction of sp³-hybridized carbons (Fsp3) is 0. The molecule has 0 heterocycles. The van der Waals surface area contributed by atoms with Gasteiger partial charge in [-0.25, -0.2) is 3.29 Å². The summed E-state index contributed by atoms with van der Waals surface area (Å²) in [6, 6.07) is 0. The highest BCUT2D eigenvalue weighted by Gasteiger charge is 2.32. The van der Waals surface area contributed by atoms with Crippen LogP contribution >= 0.6 is 128 Å². The molecule has 0 aromatic heterocycles. The molecule has 92 valence electrons. The minimum atomic E-state index is -0.322. The first-order valence-corrected chi connectivity index (χ1v) is 27.0. The van der Waals surface area contributed by atoms with Crippen LogP contribution in [0.4, 0.5) is 0 Å². The number of rotatable bonds is 6. The van der Waals surface area contributed by atoms with Gasteiger partial charge in [0.1, 0.15) is 1.41 Å². The van der Waals surface area contributed by atoms with Gasteiger partial charge in [-0.2, -0.15) is 0 Å². The molecule has 0 radical (unpaired) electrons. The Morgan fingerprint density at radius 2 is 1.27 bits per heavy atom. The predicted octanol–water partition coefficient (Wildman–Crippen LogP) is 7.84. The van der Waals surface area contributed by atoms with E-state index in [0.717, 1.165) is 0 Å². The highest BCUT2D eigenvalue weighted by molar-refractivity contribution is 14.1. The first-order valence-electron chi connectivity index (χ1n) is 3.62. The zero-order valence-corrected chi connectivity index (χ0v) is 23.2. The van der Waals surface area contributed by atoms with E-state index >= 15 is 0 Å². The van der Waals surface area contributed by atoms with Crippen molar-refractivity contribution in [2.45, 2.75) is 0 Å². The average Bonchev–Trinajstić information content (AvgIpc) is 2.10. The van der Waals surface area contributed by atoms with Crippen LogP contribution in [0.2, 0.25) is 1.41 Å². The molecule has 1 nitrogen and oxygen atoms in total. The van der Waals surface area contributed by atoms with Gasteiger partial charge in [-0.15, -0.1) is 53.6 Å². The number of hydrogen-bond acceptors (Lipinski definition) is 1. The fourth-order valence-electron chi connectivity index (χ4n) is 0.543. The van der Waals surface area contributed by atoms with Gasteiger partial charge >= 0.3 is 0 Å². The molecule has 0 bridgehead atoms. The molecular weight excluding hydrogens is 544 g/mol. The third kappa shape index (κ3) is 8.47. The maximum absolute atomic E-state index is 8.02. The van der Waals surface area contributed by atoms with Crippen LogP contribution in [0.3, 0.4) is 0 Å². The van der Waals surface area contributed by atoms with E-state index in [1.54, 1.807) is 3.29 Å². The SMILES string of the molecule is [3H]N(I)P(P(P)P(P)P)P(P(P)P)P(P)P. The van der Waals surface area contributed by atoms with Crippen molar-refractivity contribution in [2.24, 2.45) is 0 Å². The molecule has 0 aliphatic heterocycles. The van der Waals surface area contributed by atoms with Gasteiger partial charge < -0.3 is 0 Å². The van der Waals surface area contributed by atoms with E-state index in [4.69, 9.17) is 1.41 Å². The van der Waals surface area contributed by atoms with Crippen molar-refractivity contribution in [1.82, 2.24) is 3.29 Å². The fourth-order valence-corrected chi connectivity index (χ4v) is 106. The Kier molecular flexibility index (Phi) is 15.2. The van der Waals surface area contributed by atoms with Crippen molar-refractivity contribution in [3.8, 4) is 0 Å². The molecule has 0 saturated heterocycles. The van der Waals surface area contributed by atoms with E-state index in [2.05, 4.69) is 85.4 Å². The van der Waals surface area contributed by atoms with Gasteiger partial charge in [0.2, 0.25) is 0 Å². The summed E-state index contributed by atoms with van der Waals surface area (Å²) in [6.07, 6.45) is 0. The van der Waals surface area contributed by atoms with Crippen LogP contribution in [0.5, 0.6) is 0 Å². The Morgan fingerprint density at radius 1 is 0.867 bits per heavy atom. The Labute approximate surface area is 131 Å². The zero-order chi connectivity index (χ0) is 13.0. The van der Waals surface area contributed by atoms with Gasteiger partial charge in [0.15, 0.2) is 0 Å². The monoisotopic (exact) mass is 561 g/mol. The van der Waals surface area contributed by atoms with E-state index in [0.29, 0.717) is 0 Å². The summed E-state index contributed by atoms with van der Waals surface area (Å²) >= 11 is 2.16. The second kappa shape index (κ2) is 11.8. The largest absolute Gasteiger partial charge is 0.230 e. The lowest BCUT2D eigenvalue weighted by Crippen LogP contribution is -1.78. The average molecular weight is 561 g/mol. The molecule has 15 heavy (non-hydrogen) atoms. The molecule has 9 unspecified atom stereocenters. The van der Waals surface area contributed by atoms with E-state index in [9.17, 15) is 0 Å². The summed E-state index contributed by atoms with van der Waals surface area (Å²) in [4.78, 5) is 0. The van der Waals surface area contributed by atoms with Crippen molar-refractivity contribution in [2.75, 3.05) is 0 Å². The minimum Gasteiger partial charge on any atom is -0.230 e. The molecule has 0 aliphatic carbocycles. The van der Waals surface area contributed by atoms with Crippen molar-refractivity contribution >= 4 is 128 Å². The number of nitrogens with one attached hydrogen (secondary N) is 1. The van der Waals surface area contributed by atoms with Crippen LogP contribution < -0.4 is 3.29 Å². The van der Waals surface area contributed by atoms with Crippen molar-refractivity contribution in [3.63, 3.8) is 0 Å². The summed E-state index contributed by atoms with van der Waals surface area (Å²) in [6.45, 7) is -0.487. The minimum absolute atomic E-state index is 0.0787. The predicted molar refractivity (Wildman–Crippen MR) is 127 cm³/mol. The molecule has 9 atom stereocenters. The van der Waals surface area contributed by atoms with Crippen LogP contribution in [0.25, 0.3) is 0 Å². The third-order valence-corrected chi connectivity index (χ3v) is 75.2. The van der Waals surface area contributed by atoms with Gasteiger partial charge in [0.25, 0.3) is 0 Å². The van der Waals surface area contributed by atoms with E-state index in [-0.39, 0.29) is 42.4 Å². The standard InChI is InChI=1S/H15INP13/c1-2-10(14(9)11(3)4)15(12(5)6)13(7)8/h2H,3-9H2/i/hT. The number of halogens is 1. The number of hydrogen-bond donors (Lipinski definition) is 1. The molecule has 1 N–H and O–H groups in total. The second-order valence-corrected chi connectivity index (χ2v) is 52.2. The highest BCUT2D eigenvalue weighted by Crippen LogP contribution is 3.16. The van der Waals surface area contributed by atoms with Crippen molar-refractivity contribution in [1.29, 1.82) is 0 Å². The molecule has 0 amide bonds. The Bertz CT molecular complexity index is 184. The normalized spacial score (nSPS) is 18.1. The Balaban J connectivity index is 5.00. The van der Waals surface area contributed by atoms with Crippen LogP contribution in [0, 0.1) is 0 Å². The van der Waals surface area contributed by atoms with E-state index in [1.807, 2.05) is 0 Å². The molecule has 0 aromatic rings. The molecule has 0 saturated carbocycles. The lowest BCUT2D eigenvalue weighted by atomic mass is 13.9. The summed E-state index contributed by atoms with van der Waals surface area (Å²) in [5.41, 5.74) is 0. The summed E-state index contributed by atoms with van der Waals surface area (Å²) in [7, 11) is 20.5. The maximum Gasteiger partial charge on any atom is 0.140 e. The maximum atomic E-state index is 8.02. The highest BCUT2D eigenvalue weighted by atomic mass is 127. The van der Waals surface area contributed by atoms with Crippen LogP contribution in [-0.4, -0.2) is 0 Å². The molecule has 0 spiro atoms. The second-order valence-electron chi connectivity index (χ2n) is 2.07. The van der Waals surface area contributed by atoms with Crippen LogP contribution in [0.15, 0.2) is 0 Å². The van der Waals surface area contributed by atoms with Gasteiger partial charge in [0, 0.05) is 37.3 Å². The van der Waals surface area contributed by atoms with E-state index < -0.39 is 0 Å².